The van der Waals surface area contributed by atoms with Crippen LogP contribution in [0.25, 0.3) is 0 Å². The maximum atomic E-state index is 4.31. The molecule has 0 heterocycles. The van der Waals surface area contributed by atoms with E-state index in [1.54, 1.807) is 0 Å². The Kier molecular flexibility index (Phi) is 5.84. The van der Waals surface area contributed by atoms with Gasteiger partial charge in [0.2, 0.25) is 0 Å². The molecule has 1 rings (SSSR count). The lowest BCUT2D eigenvalue weighted by atomic mass is 10.0. The Morgan fingerprint density at radius 1 is 0.833 bits per heavy atom. The SMILES string of the molecule is C1CCC1.NBr. The average Bonchev–Trinajstić information content (AvgIpc) is 1.36. The third-order valence-corrected chi connectivity index (χ3v) is 1.000. The van der Waals surface area contributed by atoms with Gasteiger partial charge in [0.25, 0.3) is 0 Å². The van der Waals surface area contributed by atoms with Gasteiger partial charge in [-0.15, -0.1) is 0 Å². The molecule has 0 saturated heterocycles. The van der Waals surface area contributed by atoms with Crippen LogP contribution < -0.4 is 4.76 Å². The van der Waals surface area contributed by atoms with Gasteiger partial charge in [0, 0.05) is 16.1 Å². The second kappa shape index (κ2) is 5.44. The molecule has 0 unspecified atom stereocenters. The van der Waals surface area contributed by atoms with Gasteiger partial charge in [-0.1, -0.05) is 25.7 Å². The minimum absolute atomic E-state index is 1.50. The fraction of sp³-hybridized carbons (Fsp3) is 1.00. The zero-order valence-electron chi connectivity index (χ0n) is 3.78. The Bertz CT molecular complexity index is 15.5. The standard InChI is InChI=1S/C4H8.BrH2N/c1-2-4-3-1;1-2/h1-4H2;2H2. The van der Waals surface area contributed by atoms with Crippen molar-refractivity contribution in [2.75, 3.05) is 0 Å². The summed E-state index contributed by atoms with van der Waals surface area (Å²) in [5, 5.41) is 0. The van der Waals surface area contributed by atoms with Crippen molar-refractivity contribution in [1.29, 1.82) is 0 Å². The number of halogens is 1. The summed E-state index contributed by atoms with van der Waals surface area (Å²) in [6.45, 7) is 0. The maximum Gasteiger partial charge on any atom is 0.00554 e. The highest BCUT2D eigenvalue weighted by Crippen LogP contribution is 2.15. The van der Waals surface area contributed by atoms with E-state index >= 15 is 0 Å². The van der Waals surface area contributed by atoms with E-state index in [-0.39, 0.29) is 0 Å². The molecular formula is C4H10BrN. The third kappa shape index (κ3) is 2.67. The zero-order valence-corrected chi connectivity index (χ0v) is 5.37. The predicted molar refractivity (Wildman–Crippen MR) is 31.6 cm³/mol. The molecule has 0 aromatic carbocycles. The van der Waals surface area contributed by atoms with Gasteiger partial charge in [-0.2, -0.15) is 0 Å². The molecule has 1 aliphatic rings. The van der Waals surface area contributed by atoms with E-state index in [4.69, 9.17) is 0 Å². The molecule has 0 radical (unpaired) electrons. The van der Waals surface area contributed by atoms with Crippen molar-refractivity contribution in [2.45, 2.75) is 25.7 Å². The largest absolute Gasteiger partial charge is 0.270 e. The van der Waals surface area contributed by atoms with Crippen LogP contribution in [-0.2, 0) is 0 Å². The molecule has 1 fully saturated rings. The van der Waals surface area contributed by atoms with Crippen LogP contribution in [0.4, 0.5) is 0 Å². The highest BCUT2D eigenvalue weighted by atomic mass is 79.9. The van der Waals surface area contributed by atoms with E-state index in [1.165, 1.54) is 25.7 Å². The molecule has 0 aromatic rings. The van der Waals surface area contributed by atoms with Crippen molar-refractivity contribution in [2.24, 2.45) is 4.76 Å². The Balaban J connectivity index is 0.000000112. The fourth-order valence-corrected chi connectivity index (χ4v) is 0.250. The summed E-state index contributed by atoms with van der Waals surface area (Å²) in [7, 11) is 0. The fourth-order valence-electron chi connectivity index (χ4n) is 0.250. The van der Waals surface area contributed by atoms with Crippen LogP contribution in [0.3, 0.4) is 0 Å². The molecule has 0 amide bonds. The molecular weight excluding hydrogens is 142 g/mol. The van der Waals surface area contributed by atoms with Gasteiger partial charge in [-0.05, 0) is 0 Å². The Morgan fingerprint density at radius 3 is 1.00 bits per heavy atom. The highest BCUT2D eigenvalue weighted by molar-refractivity contribution is 9.07. The Labute approximate surface area is 47.3 Å². The monoisotopic (exact) mass is 151 g/mol. The second-order valence-corrected chi connectivity index (χ2v) is 1.41. The van der Waals surface area contributed by atoms with Gasteiger partial charge in [0.15, 0.2) is 0 Å². The van der Waals surface area contributed by atoms with Crippen LogP contribution in [0.15, 0.2) is 0 Å². The van der Waals surface area contributed by atoms with E-state index in [1.807, 2.05) is 0 Å². The molecule has 0 aromatic heterocycles. The first-order chi connectivity index (χ1) is 3.00. The van der Waals surface area contributed by atoms with Crippen molar-refractivity contribution in [1.82, 2.24) is 0 Å². The van der Waals surface area contributed by atoms with E-state index in [9.17, 15) is 0 Å². The van der Waals surface area contributed by atoms with E-state index < -0.39 is 0 Å². The first-order valence-electron chi connectivity index (χ1n) is 2.22. The Morgan fingerprint density at radius 2 is 1.00 bits per heavy atom. The lowest BCUT2D eigenvalue weighted by Crippen LogP contribution is -1.85. The molecule has 0 bridgehead atoms. The predicted octanol–water partition coefficient (Wildman–Crippen LogP) is 1.82. The van der Waals surface area contributed by atoms with Crippen LogP contribution in [0.1, 0.15) is 25.7 Å². The molecule has 1 saturated carbocycles. The molecule has 1 nitrogen and oxygen atoms in total. The molecule has 38 valence electrons. The molecule has 6 heavy (non-hydrogen) atoms. The van der Waals surface area contributed by atoms with Crippen molar-refractivity contribution >= 4 is 16.1 Å². The van der Waals surface area contributed by atoms with Crippen LogP contribution in [0.2, 0.25) is 0 Å². The quantitative estimate of drug-likeness (QED) is 0.526. The van der Waals surface area contributed by atoms with Crippen molar-refractivity contribution in [3.63, 3.8) is 0 Å². The lowest BCUT2D eigenvalue weighted by Gasteiger charge is -2.05. The third-order valence-electron chi connectivity index (χ3n) is 1.000. The second-order valence-electron chi connectivity index (χ2n) is 1.41. The minimum atomic E-state index is 1.50. The smallest absolute Gasteiger partial charge is 0.00554 e. The van der Waals surface area contributed by atoms with Crippen molar-refractivity contribution in [3.8, 4) is 0 Å². The lowest BCUT2D eigenvalue weighted by molar-refractivity contribution is 0.504. The van der Waals surface area contributed by atoms with E-state index in [0.29, 0.717) is 0 Å². The van der Waals surface area contributed by atoms with Crippen molar-refractivity contribution in [3.05, 3.63) is 0 Å². The van der Waals surface area contributed by atoms with Gasteiger partial charge < -0.3 is 0 Å². The van der Waals surface area contributed by atoms with Crippen molar-refractivity contribution < 1.29 is 0 Å². The molecule has 0 atom stereocenters. The van der Waals surface area contributed by atoms with Crippen LogP contribution in [-0.4, -0.2) is 0 Å². The molecule has 0 spiro atoms. The summed E-state index contributed by atoms with van der Waals surface area (Å²) >= 11 is 2.44. The molecule has 2 heteroatoms. The summed E-state index contributed by atoms with van der Waals surface area (Å²) < 4.78 is 4.31. The molecule has 0 aliphatic heterocycles. The minimum Gasteiger partial charge on any atom is -0.270 e. The van der Waals surface area contributed by atoms with Gasteiger partial charge >= 0.3 is 0 Å². The summed E-state index contributed by atoms with van der Waals surface area (Å²) in [6.07, 6.45) is 6.00. The number of hydrogen-bond acceptors (Lipinski definition) is 1. The summed E-state index contributed by atoms with van der Waals surface area (Å²) in [5.41, 5.74) is 0. The highest BCUT2D eigenvalue weighted by Gasteiger charge is 1.95. The number of hydrogen-bond donors (Lipinski definition) is 1. The van der Waals surface area contributed by atoms with Gasteiger partial charge in [0.05, 0.1) is 0 Å². The summed E-state index contributed by atoms with van der Waals surface area (Å²) in [4.78, 5) is 0. The van der Waals surface area contributed by atoms with Gasteiger partial charge in [-0.3, -0.25) is 4.76 Å². The zero-order chi connectivity index (χ0) is 4.83. The Hall–Kier alpha value is 0.440. The van der Waals surface area contributed by atoms with E-state index in [0.717, 1.165) is 0 Å². The van der Waals surface area contributed by atoms with E-state index in [2.05, 4.69) is 20.9 Å². The summed E-state index contributed by atoms with van der Waals surface area (Å²) in [6, 6.07) is 0. The summed E-state index contributed by atoms with van der Waals surface area (Å²) in [5.74, 6) is 0. The maximum absolute atomic E-state index is 4.31. The van der Waals surface area contributed by atoms with Crippen LogP contribution in [0.5, 0.6) is 0 Å². The van der Waals surface area contributed by atoms with Gasteiger partial charge in [0.1, 0.15) is 0 Å². The normalized spacial score (nSPS) is 17.0. The van der Waals surface area contributed by atoms with Gasteiger partial charge in [-0.25, -0.2) is 0 Å². The van der Waals surface area contributed by atoms with Crippen LogP contribution >= 0.6 is 16.1 Å². The first-order valence-corrected chi connectivity index (χ1v) is 3.13. The van der Waals surface area contributed by atoms with Crippen LogP contribution in [0, 0.1) is 0 Å². The topological polar surface area (TPSA) is 26.0 Å². The molecule has 2 N–H and O–H groups in total. The molecule has 1 aliphatic carbocycles. The number of nitrogens with two attached hydrogens (primary N) is 1. The number of rotatable bonds is 0. The average molecular weight is 152 g/mol. The first kappa shape index (κ1) is 6.44.